The van der Waals surface area contributed by atoms with E-state index in [9.17, 15) is 9.59 Å². The van der Waals surface area contributed by atoms with Gasteiger partial charge in [0, 0.05) is 69.5 Å². The Balaban J connectivity index is 0.000000237. The number of aromatic nitrogens is 6. The van der Waals surface area contributed by atoms with Crippen LogP contribution in [0.1, 0.15) is 163 Å². The Morgan fingerprint density at radius 3 is 0.904 bits per heavy atom. The molecular weight excluding hydrogens is 994 g/mol. The summed E-state index contributed by atoms with van der Waals surface area (Å²) in [6.07, 6.45) is 35.1. The van der Waals surface area contributed by atoms with Crippen molar-refractivity contribution in [3.05, 3.63) is 145 Å². The molecule has 0 bridgehead atoms. The standard InChI is InChI=1S/C38H56N2O4.2C12H8N2.Ru/c1-3-5-7-9-11-13-15-17-19-21-29-43-37(41)33-25-27-39-35-31(33)23-24-32-34(26-28-40-36(32)35)38(42)44-30-22-20-18-16-14-12-10-8-6-4-2;2*1-3-9-5-6-10-4-2-8-14-12(10)11(9)13-7-1;/h23-28H,3-22,29-30H2,1-2H3;2*1-8H;/q;;;+2. The van der Waals surface area contributed by atoms with E-state index in [0.29, 0.717) is 46.1 Å². The molecule has 0 atom stereocenters. The van der Waals surface area contributed by atoms with Crippen molar-refractivity contribution in [3.8, 4) is 0 Å². The number of hydrogen-bond acceptors (Lipinski definition) is 10. The summed E-state index contributed by atoms with van der Waals surface area (Å²) in [4.78, 5) is 52.4. The molecule has 0 aliphatic rings. The fourth-order valence-electron chi connectivity index (χ4n) is 9.21. The third-order valence-electron chi connectivity index (χ3n) is 13.2. The van der Waals surface area contributed by atoms with E-state index in [1.54, 1.807) is 49.3 Å². The van der Waals surface area contributed by atoms with E-state index in [2.05, 4.69) is 92.3 Å². The molecule has 0 saturated heterocycles. The topological polar surface area (TPSA) is 130 Å². The van der Waals surface area contributed by atoms with Crippen LogP contribution in [0.3, 0.4) is 0 Å². The van der Waals surface area contributed by atoms with E-state index < -0.39 is 0 Å². The van der Waals surface area contributed by atoms with Crippen LogP contribution in [0.5, 0.6) is 0 Å². The van der Waals surface area contributed by atoms with Crippen LogP contribution in [0.4, 0.5) is 0 Å². The minimum atomic E-state index is -0.347. The molecule has 10 nitrogen and oxygen atoms in total. The third-order valence-corrected chi connectivity index (χ3v) is 13.2. The molecule has 0 N–H and O–H groups in total. The van der Waals surface area contributed by atoms with Crippen LogP contribution in [0.25, 0.3) is 65.4 Å². The van der Waals surface area contributed by atoms with Crippen LogP contribution >= 0.6 is 0 Å². The molecule has 0 amide bonds. The van der Waals surface area contributed by atoms with Gasteiger partial charge in [0.25, 0.3) is 0 Å². The van der Waals surface area contributed by atoms with Crippen molar-refractivity contribution < 1.29 is 38.5 Å². The van der Waals surface area contributed by atoms with Gasteiger partial charge in [-0.25, -0.2) is 9.59 Å². The maximum atomic E-state index is 13.0. The van der Waals surface area contributed by atoms with Crippen molar-refractivity contribution in [1.82, 2.24) is 29.9 Å². The van der Waals surface area contributed by atoms with Crippen LogP contribution in [0, 0.1) is 0 Å². The Bertz CT molecular complexity index is 2790. The molecule has 380 valence electrons. The molecule has 73 heavy (non-hydrogen) atoms. The summed E-state index contributed by atoms with van der Waals surface area (Å²) >= 11 is 0. The van der Waals surface area contributed by atoms with E-state index in [-0.39, 0.29) is 31.4 Å². The van der Waals surface area contributed by atoms with Gasteiger partial charge in [0.1, 0.15) is 0 Å². The quantitative estimate of drug-likeness (QED) is 0.0249. The van der Waals surface area contributed by atoms with Gasteiger partial charge in [0.15, 0.2) is 0 Å². The number of pyridine rings is 6. The summed E-state index contributed by atoms with van der Waals surface area (Å²) in [6, 6.07) is 31.3. The van der Waals surface area contributed by atoms with Crippen molar-refractivity contribution >= 4 is 77.4 Å². The zero-order valence-electron chi connectivity index (χ0n) is 42.9. The SMILES string of the molecule is CCCCCCCCCCCCOC(=O)c1ccnc2c1ccc1c(C(=O)OCCCCCCCCCCCC)ccnc12.[Ru+2].c1cnc2c(c1)ccc1cccnc12.c1cnc2c(c1)ccc1cccnc12. The predicted octanol–water partition coefficient (Wildman–Crippen LogP) is 16.5. The molecule has 0 aliphatic carbocycles. The Hall–Kier alpha value is -6.32. The van der Waals surface area contributed by atoms with Crippen LogP contribution in [0.2, 0.25) is 0 Å². The van der Waals surface area contributed by atoms with Crippen molar-refractivity contribution in [2.24, 2.45) is 0 Å². The molecule has 0 aliphatic heterocycles. The van der Waals surface area contributed by atoms with Gasteiger partial charge in [-0.15, -0.1) is 0 Å². The number of nitrogens with zero attached hydrogens (tertiary/aromatic N) is 6. The van der Waals surface area contributed by atoms with E-state index in [1.807, 2.05) is 36.4 Å². The number of esters is 2. The number of rotatable bonds is 24. The van der Waals surface area contributed by atoms with Gasteiger partial charge < -0.3 is 9.47 Å². The minimum Gasteiger partial charge on any atom is -0.462 e. The van der Waals surface area contributed by atoms with E-state index in [4.69, 9.17) is 9.47 Å². The van der Waals surface area contributed by atoms with Gasteiger partial charge in [0.2, 0.25) is 0 Å². The van der Waals surface area contributed by atoms with E-state index in [1.165, 1.54) is 103 Å². The van der Waals surface area contributed by atoms with Gasteiger partial charge in [-0.05, 0) is 49.2 Å². The van der Waals surface area contributed by atoms with Gasteiger partial charge in [0.05, 0.1) is 57.4 Å². The first-order valence-corrected chi connectivity index (χ1v) is 26.7. The van der Waals surface area contributed by atoms with Crippen molar-refractivity contribution in [2.45, 2.75) is 142 Å². The molecule has 6 aromatic heterocycles. The minimum absolute atomic E-state index is 0. The third kappa shape index (κ3) is 16.6. The molecule has 9 aromatic rings. The molecule has 0 fully saturated rings. The zero-order chi connectivity index (χ0) is 50.0. The first-order valence-electron chi connectivity index (χ1n) is 26.7. The molecule has 0 spiro atoms. The second kappa shape index (κ2) is 31.3. The fraction of sp³-hybridized carbons (Fsp3) is 0.387. The molecule has 9 rings (SSSR count). The fourth-order valence-corrected chi connectivity index (χ4v) is 9.21. The Morgan fingerprint density at radius 2 is 0.603 bits per heavy atom. The Kier molecular flexibility index (Phi) is 24.0. The smallest absolute Gasteiger partial charge is 0.462 e. The number of ether oxygens (including phenoxy) is 2. The van der Waals surface area contributed by atoms with Crippen LogP contribution < -0.4 is 0 Å². The summed E-state index contributed by atoms with van der Waals surface area (Å²) in [7, 11) is 0. The Labute approximate surface area is 444 Å². The van der Waals surface area contributed by atoms with Crippen LogP contribution in [-0.2, 0) is 29.0 Å². The second-order valence-electron chi connectivity index (χ2n) is 18.6. The average molecular weight is 1070 g/mol. The second-order valence-corrected chi connectivity index (χ2v) is 18.6. The number of hydrogen-bond donors (Lipinski definition) is 0. The molecule has 3 aromatic carbocycles. The van der Waals surface area contributed by atoms with E-state index in [0.717, 1.165) is 69.3 Å². The maximum absolute atomic E-state index is 13.0. The number of fused-ring (bicyclic) bond motifs is 9. The molecule has 11 heteroatoms. The first-order chi connectivity index (χ1) is 35.6. The van der Waals surface area contributed by atoms with Gasteiger partial charge >= 0.3 is 31.4 Å². The number of carbonyl (C=O) groups excluding carboxylic acids is 2. The average Bonchev–Trinajstić information content (AvgIpc) is 3.43. The molecule has 6 heterocycles. The van der Waals surface area contributed by atoms with E-state index >= 15 is 0 Å². The summed E-state index contributed by atoms with van der Waals surface area (Å²) < 4.78 is 11.3. The van der Waals surface area contributed by atoms with Crippen molar-refractivity contribution in [1.29, 1.82) is 0 Å². The number of unbranched alkanes of at least 4 members (excludes halogenated alkanes) is 18. The molecule has 0 radical (unpaired) electrons. The summed E-state index contributed by atoms with van der Waals surface area (Å²) in [5.41, 5.74) is 6.02. The molecule has 0 saturated carbocycles. The normalized spacial score (nSPS) is 11.0. The molecule has 0 unspecified atom stereocenters. The van der Waals surface area contributed by atoms with Crippen LogP contribution in [0.15, 0.2) is 134 Å². The summed E-state index contributed by atoms with van der Waals surface area (Å²) in [6.45, 7) is 5.33. The van der Waals surface area contributed by atoms with Crippen molar-refractivity contribution in [3.63, 3.8) is 0 Å². The summed E-state index contributed by atoms with van der Waals surface area (Å²) in [5.74, 6) is -0.695. The van der Waals surface area contributed by atoms with Crippen molar-refractivity contribution in [2.75, 3.05) is 13.2 Å². The zero-order valence-corrected chi connectivity index (χ0v) is 44.7. The number of carbonyl (C=O) groups is 2. The Morgan fingerprint density at radius 1 is 0.329 bits per heavy atom. The maximum Gasteiger partial charge on any atom is 2.00 e. The summed E-state index contributed by atoms with van der Waals surface area (Å²) in [5, 5.41) is 5.91. The monoisotopic (exact) mass is 1070 g/mol. The first kappa shape index (κ1) is 56.0. The van der Waals surface area contributed by atoms with Gasteiger partial charge in [-0.2, -0.15) is 0 Å². The van der Waals surface area contributed by atoms with Gasteiger partial charge in [-0.3, -0.25) is 29.9 Å². The predicted molar refractivity (Wildman–Crippen MR) is 295 cm³/mol. The van der Waals surface area contributed by atoms with Gasteiger partial charge in [-0.1, -0.05) is 190 Å². The largest absolute Gasteiger partial charge is 2.00 e. The number of benzene rings is 3. The molecular formula is C62H72N6O4Ru+2. The van der Waals surface area contributed by atoms with Crippen LogP contribution in [-0.4, -0.2) is 55.1 Å².